The Hall–Kier alpha value is 0.110. The summed E-state index contributed by atoms with van der Waals surface area (Å²) in [7, 11) is 0. The van der Waals surface area contributed by atoms with E-state index in [9.17, 15) is 0 Å². The lowest BCUT2D eigenvalue weighted by molar-refractivity contribution is 0.461. The van der Waals surface area contributed by atoms with Gasteiger partial charge in [-0.3, -0.25) is 0 Å². The smallest absolute Gasteiger partial charge is 0.0453 e. The summed E-state index contributed by atoms with van der Waals surface area (Å²) in [6.07, 6.45) is 6.08. The summed E-state index contributed by atoms with van der Waals surface area (Å²) in [6.45, 7) is 3.27. The van der Waals surface area contributed by atoms with Gasteiger partial charge in [-0.1, -0.05) is 42.6 Å². The Labute approximate surface area is 136 Å². The normalized spacial score (nSPS) is 20.9. The molecular weight excluding hydrogens is 309 g/mol. The first-order valence-electron chi connectivity index (χ1n) is 7.50. The highest BCUT2D eigenvalue weighted by Crippen LogP contribution is 2.32. The first kappa shape index (κ1) is 16.5. The van der Waals surface area contributed by atoms with Crippen molar-refractivity contribution in [1.29, 1.82) is 0 Å². The highest BCUT2D eigenvalue weighted by atomic mass is 35.5. The van der Waals surface area contributed by atoms with Gasteiger partial charge in [0.2, 0.25) is 0 Å². The van der Waals surface area contributed by atoms with Crippen LogP contribution in [0.5, 0.6) is 0 Å². The zero-order valence-corrected chi connectivity index (χ0v) is 14.3. The van der Waals surface area contributed by atoms with E-state index in [0.717, 1.165) is 35.0 Å². The number of thioether (sulfide) groups is 1. The SMILES string of the molecule is CCCNC(Cc1c(Cl)cccc1Cl)C1CCCCS1. The molecule has 2 atom stereocenters. The molecule has 1 aromatic rings. The molecule has 20 heavy (non-hydrogen) atoms. The van der Waals surface area contributed by atoms with Crippen molar-refractivity contribution in [3.8, 4) is 0 Å². The maximum atomic E-state index is 6.33. The molecule has 1 aliphatic heterocycles. The van der Waals surface area contributed by atoms with Crippen LogP contribution in [0.15, 0.2) is 18.2 Å². The molecule has 1 aromatic carbocycles. The molecule has 1 saturated heterocycles. The third-order valence-corrected chi connectivity index (χ3v) is 6.03. The van der Waals surface area contributed by atoms with E-state index in [1.54, 1.807) is 0 Å². The van der Waals surface area contributed by atoms with Crippen LogP contribution >= 0.6 is 35.0 Å². The molecule has 0 aliphatic carbocycles. The predicted molar refractivity (Wildman–Crippen MR) is 92.3 cm³/mol. The number of halogens is 2. The number of rotatable bonds is 6. The molecule has 2 unspecified atom stereocenters. The van der Waals surface area contributed by atoms with E-state index in [1.807, 2.05) is 18.2 Å². The molecular formula is C16H23Cl2NS. The van der Waals surface area contributed by atoms with Gasteiger partial charge in [0.05, 0.1) is 0 Å². The molecule has 1 fully saturated rings. The predicted octanol–water partition coefficient (Wildman–Crippen LogP) is 5.19. The Morgan fingerprint density at radius 2 is 2.05 bits per heavy atom. The highest BCUT2D eigenvalue weighted by molar-refractivity contribution is 8.00. The van der Waals surface area contributed by atoms with Gasteiger partial charge in [0.15, 0.2) is 0 Å². The Kier molecular flexibility index (Phi) is 7.03. The summed E-state index contributed by atoms with van der Waals surface area (Å²) >= 11 is 14.8. The van der Waals surface area contributed by atoms with Crippen LogP contribution in [0.25, 0.3) is 0 Å². The quantitative estimate of drug-likeness (QED) is 0.769. The van der Waals surface area contributed by atoms with Gasteiger partial charge < -0.3 is 5.32 Å². The lowest BCUT2D eigenvalue weighted by Crippen LogP contribution is -2.41. The highest BCUT2D eigenvalue weighted by Gasteiger charge is 2.25. The number of hydrogen-bond donors (Lipinski definition) is 1. The number of nitrogens with one attached hydrogen (secondary N) is 1. The van der Waals surface area contributed by atoms with E-state index in [0.29, 0.717) is 11.3 Å². The average molecular weight is 332 g/mol. The van der Waals surface area contributed by atoms with E-state index in [2.05, 4.69) is 24.0 Å². The van der Waals surface area contributed by atoms with Gasteiger partial charge in [-0.2, -0.15) is 11.8 Å². The van der Waals surface area contributed by atoms with Gasteiger partial charge in [-0.25, -0.2) is 0 Å². The van der Waals surface area contributed by atoms with E-state index in [4.69, 9.17) is 23.2 Å². The molecule has 0 spiro atoms. The zero-order valence-electron chi connectivity index (χ0n) is 12.0. The maximum Gasteiger partial charge on any atom is 0.0453 e. The van der Waals surface area contributed by atoms with Crippen molar-refractivity contribution in [3.05, 3.63) is 33.8 Å². The van der Waals surface area contributed by atoms with E-state index < -0.39 is 0 Å². The van der Waals surface area contributed by atoms with E-state index in [-0.39, 0.29) is 0 Å². The monoisotopic (exact) mass is 331 g/mol. The summed E-state index contributed by atoms with van der Waals surface area (Å²) in [5.41, 5.74) is 1.09. The van der Waals surface area contributed by atoms with Gasteiger partial charge in [0, 0.05) is 21.3 Å². The van der Waals surface area contributed by atoms with Crippen LogP contribution in [0, 0.1) is 0 Å². The van der Waals surface area contributed by atoms with Gasteiger partial charge in [-0.15, -0.1) is 0 Å². The molecule has 0 bridgehead atoms. The summed E-state index contributed by atoms with van der Waals surface area (Å²) in [4.78, 5) is 0. The zero-order chi connectivity index (χ0) is 14.4. The van der Waals surface area contributed by atoms with Gasteiger partial charge in [-0.05, 0) is 55.7 Å². The fourth-order valence-corrected chi connectivity index (χ4v) is 4.68. The molecule has 0 aromatic heterocycles. The standard InChI is InChI=1S/C16H23Cl2NS/c1-2-9-19-15(16-8-3-4-10-20-16)11-12-13(17)6-5-7-14(12)18/h5-7,15-16,19H,2-4,8-11H2,1H3. The summed E-state index contributed by atoms with van der Waals surface area (Å²) in [5.74, 6) is 1.28. The fourth-order valence-electron chi connectivity index (χ4n) is 2.70. The van der Waals surface area contributed by atoms with Crippen LogP contribution in [0.1, 0.15) is 38.2 Å². The number of hydrogen-bond acceptors (Lipinski definition) is 2. The fraction of sp³-hybridized carbons (Fsp3) is 0.625. The Morgan fingerprint density at radius 1 is 1.30 bits per heavy atom. The van der Waals surface area contributed by atoms with Crippen LogP contribution in [-0.2, 0) is 6.42 Å². The van der Waals surface area contributed by atoms with Crippen molar-refractivity contribution in [2.75, 3.05) is 12.3 Å². The largest absolute Gasteiger partial charge is 0.313 e. The molecule has 1 N–H and O–H groups in total. The summed E-state index contributed by atoms with van der Waals surface area (Å²) in [6, 6.07) is 6.26. The van der Waals surface area contributed by atoms with Crippen molar-refractivity contribution in [2.45, 2.75) is 50.3 Å². The average Bonchev–Trinajstić information content (AvgIpc) is 2.47. The Bertz CT molecular complexity index is 399. The third-order valence-electron chi connectivity index (χ3n) is 3.81. The van der Waals surface area contributed by atoms with Crippen LogP contribution in [0.3, 0.4) is 0 Å². The minimum Gasteiger partial charge on any atom is -0.313 e. The van der Waals surface area contributed by atoms with E-state index in [1.165, 1.54) is 25.0 Å². The van der Waals surface area contributed by atoms with Gasteiger partial charge >= 0.3 is 0 Å². The minimum atomic E-state index is 0.470. The first-order chi connectivity index (χ1) is 9.72. The third kappa shape index (κ3) is 4.56. The molecule has 4 heteroatoms. The van der Waals surface area contributed by atoms with Gasteiger partial charge in [0.25, 0.3) is 0 Å². The molecule has 0 radical (unpaired) electrons. The molecule has 0 saturated carbocycles. The van der Waals surface area contributed by atoms with Crippen LogP contribution in [0.4, 0.5) is 0 Å². The topological polar surface area (TPSA) is 12.0 Å². The van der Waals surface area contributed by atoms with Crippen molar-refractivity contribution < 1.29 is 0 Å². The second-order valence-corrected chi connectivity index (χ2v) is 7.53. The van der Waals surface area contributed by atoms with Crippen molar-refractivity contribution in [1.82, 2.24) is 5.32 Å². The molecule has 112 valence electrons. The Morgan fingerprint density at radius 3 is 2.65 bits per heavy atom. The van der Waals surface area contributed by atoms with Crippen molar-refractivity contribution in [2.24, 2.45) is 0 Å². The lowest BCUT2D eigenvalue weighted by Gasteiger charge is -2.31. The second-order valence-electron chi connectivity index (χ2n) is 5.37. The Balaban J connectivity index is 2.09. The second kappa shape index (κ2) is 8.53. The van der Waals surface area contributed by atoms with Crippen LogP contribution < -0.4 is 5.32 Å². The minimum absolute atomic E-state index is 0.470. The summed E-state index contributed by atoms with van der Waals surface area (Å²) in [5, 5.41) is 5.97. The molecule has 2 rings (SSSR count). The first-order valence-corrected chi connectivity index (χ1v) is 9.30. The molecule has 1 nitrogen and oxygen atoms in total. The molecule has 0 amide bonds. The lowest BCUT2D eigenvalue weighted by atomic mass is 9.99. The van der Waals surface area contributed by atoms with Crippen molar-refractivity contribution in [3.63, 3.8) is 0 Å². The molecule has 1 heterocycles. The van der Waals surface area contributed by atoms with Gasteiger partial charge in [0.1, 0.15) is 0 Å². The molecule has 1 aliphatic rings. The number of benzene rings is 1. The van der Waals surface area contributed by atoms with Crippen LogP contribution in [-0.4, -0.2) is 23.6 Å². The van der Waals surface area contributed by atoms with Crippen LogP contribution in [0.2, 0.25) is 10.0 Å². The maximum absolute atomic E-state index is 6.33. The van der Waals surface area contributed by atoms with E-state index >= 15 is 0 Å². The summed E-state index contributed by atoms with van der Waals surface area (Å²) < 4.78 is 0. The van der Waals surface area contributed by atoms with Crippen molar-refractivity contribution >= 4 is 35.0 Å².